The Morgan fingerprint density at radius 3 is 2.75 bits per heavy atom. The van der Waals surface area contributed by atoms with Crippen LogP contribution in [0.2, 0.25) is 5.02 Å². The Morgan fingerprint density at radius 2 is 2.15 bits per heavy atom. The van der Waals surface area contributed by atoms with Gasteiger partial charge in [-0.05, 0) is 27.0 Å². The van der Waals surface area contributed by atoms with E-state index in [1.54, 1.807) is 30.1 Å². The Kier molecular flexibility index (Phi) is 3.95. The summed E-state index contributed by atoms with van der Waals surface area (Å²) in [5, 5.41) is 20.0. The van der Waals surface area contributed by atoms with Crippen molar-refractivity contribution in [1.82, 2.24) is 4.90 Å². The highest BCUT2D eigenvalue weighted by atomic mass is 35.5. The first-order valence-electron chi connectivity index (χ1n) is 6.31. The maximum Gasteiger partial charge on any atom is 0.317 e. The van der Waals surface area contributed by atoms with Crippen molar-refractivity contribution < 1.29 is 19.7 Å². The van der Waals surface area contributed by atoms with Crippen molar-refractivity contribution in [2.24, 2.45) is 0 Å². The van der Waals surface area contributed by atoms with Crippen molar-refractivity contribution in [1.29, 1.82) is 0 Å². The zero-order chi connectivity index (χ0) is 15.1. The highest BCUT2D eigenvalue weighted by molar-refractivity contribution is 6.32. The number of rotatable bonds is 3. The molecule has 2 rings (SSSR count). The summed E-state index contributed by atoms with van der Waals surface area (Å²) in [4.78, 5) is 12.5. The van der Waals surface area contributed by atoms with Gasteiger partial charge in [-0.15, -0.1) is 0 Å². The van der Waals surface area contributed by atoms with Crippen molar-refractivity contribution in [3.63, 3.8) is 0 Å². The van der Waals surface area contributed by atoms with E-state index in [0.717, 1.165) is 0 Å². The van der Waals surface area contributed by atoms with E-state index in [1.165, 1.54) is 0 Å². The number of aliphatic hydroxyl groups excluding tert-OH is 1. The van der Waals surface area contributed by atoms with Crippen molar-refractivity contribution in [2.75, 3.05) is 13.6 Å². The van der Waals surface area contributed by atoms with Crippen molar-refractivity contribution in [3.05, 3.63) is 28.8 Å². The molecule has 1 heterocycles. The lowest BCUT2D eigenvalue weighted by molar-refractivity contribution is -0.142. The second-order valence-corrected chi connectivity index (χ2v) is 5.97. The molecule has 1 aromatic carbocycles. The third kappa shape index (κ3) is 2.61. The van der Waals surface area contributed by atoms with Crippen LogP contribution < -0.4 is 4.74 Å². The number of likely N-dealkylation sites (N-methyl/N-ethyl adjacent to an activating group) is 1. The molecule has 0 aliphatic carbocycles. The maximum absolute atomic E-state index is 10.9. The number of hydrogen-bond acceptors (Lipinski definition) is 4. The van der Waals surface area contributed by atoms with Crippen LogP contribution in [0, 0.1) is 0 Å². The lowest BCUT2D eigenvalue weighted by Crippen LogP contribution is -2.57. The Hall–Kier alpha value is -1.30. The molecule has 2 N–H and O–H groups in total. The molecular formula is C14H18ClNO4. The van der Waals surface area contributed by atoms with Crippen LogP contribution in [0.25, 0.3) is 0 Å². The van der Waals surface area contributed by atoms with Crippen molar-refractivity contribution >= 4 is 17.6 Å². The number of ether oxygens (including phenoxy) is 1. The molecule has 0 bridgehead atoms. The average Bonchev–Trinajstić information content (AvgIpc) is 2.28. The number of carbonyl (C=O) groups is 1. The quantitative estimate of drug-likeness (QED) is 0.892. The van der Waals surface area contributed by atoms with Gasteiger partial charge in [-0.3, -0.25) is 9.69 Å². The molecule has 110 valence electrons. The number of fused-ring (bicyclic) bond motifs is 1. The number of halogens is 1. The molecule has 6 heteroatoms. The van der Waals surface area contributed by atoms with Crippen molar-refractivity contribution in [2.45, 2.75) is 31.6 Å². The van der Waals surface area contributed by atoms with Crippen LogP contribution in [0.15, 0.2) is 18.2 Å². The monoisotopic (exact) mass is 299 g/mol. The normalized spacial score (nSPS) is 24.1. The molecule has 5 nitrogen and oxygen atoms in total. The zero-order valence-electron chi connectivity index (χ0n) is 11.6. The zero-order valence-corrected chi connectivity index (χ0v) is 12.4. The van der Waals surface area contributed by atoms with Gasteiger partial charge in [0.2, 0.25) is 0 Å². The van der Waals surface area contributed by atoms with Crippen LogP contribution in [-0.2, 0) is 4.79 Å². The van der Waals surface area contributed by atoms with E-state index in [0.29, 0.717) is 16.3 Å². The van der Waals surface area contributed by atoms with Gasteiger partial charge >= 0.3 is 5.97 Å². The van der Waals surface area contributed by atoms with Gasteiger partial charge in [0.1, 0.15) is 17.5 Å². The van der Waals surface area contributed by atoms with Crippen molar-refractivity contribution in [3.8, 4) is 5.75 Å². The predicted molar refractivity (Wildman–Crippen MR) is 75.2 cm³/mol. The van der Waals surface area contributed by atoms with Crippen LogP contribution in [0.3, 0.4) is 0 Å². The molecule has 0 saturated heterocycles. The first-order chi connectivity index (χ1) is 9.24. The molecule has 1 aromatic rings. The standard InChI is InChI=1S/C14H18ClNO4/c1-14(2)13(16(3)7-10(17)18)11(19)8-5-4-6-9(15)12(8)20-14/h4-6,11,13,19H,7H2,1-3H3,(H,17,18). The second kappa shape index (κ2) is 5.24. The summed E-state index contributed by atoms with van der Waals surface area (Å²) in [6.45, 7) is 3.45. The summed E-state index contributed by atoms with van der Waals surface area (Å²) in [7, 11) is 1.66. The van der Waals surface area contributed by atoms with Gasteiger partial charge in [-0.1, -0.05) is 23.7 Å². The molecule has 0 radical (unpaired) electrons. The number of carboxylic acid groups (broad SMARTS) is 1. The van der Waals surface area contributed by atoms with Gasteiger partial charge in [0.25, 0.3) is 0 Å². The van der Waals surface area contributed by atoms with Gasteiger partial charge in [-0.2, -0.15) is 0 Å². The van der Waals surface area contributed by atoms with E-state index in [-0.39, 0.29) is 6.54 Å². The highest BCUT2D eigenvalue weighted by Gasteiger charge is 2.46. The summed E-state index contributed by atoms with van der Waals surface area (Å²) < 4.78 is 5.91. The molecule has 0 saturated carbocycles. The maximum atomic E-state index is 10.9. The minimum absolute atomic E-state index is 0.176. The number of benzene rings is 1. The summed E-state index contributed by atoms with van der Waals surface area (Å²) >= 11 is 6.10. The molecule has 20 heavy (non-hydrogen) atoms. The van der Waals surface area contributed by atoms with Gasteiger partial charge in [0.15, 0.2) is 0 Å². The fourth-order valence-electron chi connectivity index (χ4n) is 2.82. The predicted octanol–water partition coefficient (Wildman–Crippen LogP) is 1.93. The van der Waals surface area contributed by atoms with E-state index >= 15 is 0 Å². The van der Waals surface area contributed by atoms with Gasteiger partial charge in [0, 0.05) is 5.56 Å². The van der Waals surface area contributed by atoms with Gasteiger partial charge in [-0.25, -0.2) is 0 Å². The number of aliphatic hydroxyl groups is 1. The van der Waals surface area contributed by atoms with E-state index < -0.39 is 23.7 Å². The first-order valence-corrected chi connectivity index (χ1v) is 6.69. The topological polar surface area (TPSA) is 70.0 Å². The number of nitrogens with zero attached hydrogens (tertiary/aromatic N) is 1. The van der Waals surface area contributed by atoms with Crippen LogP contribution in [0.4, 0.5) is 0 Å². The molecule has 2 unspecified atom stereocenters. The summed E-state index contributed by atoms with van der Waals surface area (Å²) in [6.07, 6.45) is -0.864. The summed E-state index contributed by atoms with van der Waals surface area (Å²) in [5.41, 5.74) is -0.180. The van der Waals surface area contributed by atoms with E-state index in [1.807, 2.05) is 13.8 Å². The molecular weight excluding hydrogens is 282 g/mol. The summed E-state index contributed by atoms with van der Waals surface area (Å²) in [6, 6.07) is 4.69. The molecule has 0 amide bonds. The Morgan fingerprint density at radius 1 is 1.50 bits per heavy atom. The summed E-state index contributed by atoms with van der Waals surface area (Å²) in [5.74, 6) is -0.487. The van der Waals surface area contributed by atoms with Crippen LogP contribution in [-0.4, -0.2) is 46.3 Å². The molecule has 1 aliphatic heterocycles. The number of para-hydroxylation sites is 1. The van der Waals surface area contributed by atoms with Crippen LogP contribution >= 0.6 is 11.6 Å². The first kappa shape index (κ1) is 15.1. The number of aliphatic carboxylic acids is 1. The fraction of sp³-hybridized carbons (Fsp3) is 0.500. The minimum Gasteiger partial charge on any atom is -0.484 e. The number of carboxylic acids is 1. The molecule has 0 fully saturated rings. The molecule has 2 atom stereocenters. The molecule has 1 aliphatic rings. The highest BCUT2D eigenvalue weighted by Crippen LogP contribution is 2.44. The van der Waals surface area contributed by atoms with Gasteiger partial charge in [0.05, 0.1) is 17.6 Å². The molecule has 0 aromatic heterocycles. The minimum atomic E-state index is -0.951. The van der Waals surface area contributed by atoms with E-state index in [9.17, 15) is 9.90 Å². The molecule has 0 spiro atoms. The number of hydrogen-bond donors (Lipinski definition) is 2. The Labute approximate surface area is 122 Å². The smallest absolute Gasteiger partial charge is 0.317 e. The third-order valence-electron chi connectivity index (χ3n) is 3.55. The Bertz CT molecular complexity index is 532. The van der Waals surface area contributed by atoms with Gasteiger partial charge < -0.3 is 14.9 Å². The fourth-order valence-corrected chi connectivity index (χ4v) is 3.04. The second-order valence-electron chi connectivity index (χ2n) is 5.56. The SMILES string of the molecule is CN(CC(=O)O)C1C(O)c2cccc(Cl)c2OC1(C)C. The third-order valence-corrected chi connectivity index (χ3v) is 3.85. The lowest BCUT2D eigenvalue weighted by Gasteiger charge is -2.46. The van der Waals surface area contributed by atoms with Crippen LogP contribution in [0.1, 0.15) is 25.5 Å². The van der Waals surface area contributed by atoms with Crippen LogP contribution in [0.5, 0.6) is 5.75 Å². The Balaban J connectivity index is 2.42. The van der Waals surface area contributed by atoms with E-state index in [2.05, 4.69) is 0 Å². The largest absolute Gasteiger partial charge is 0.484 e. The lowest BCUT2D eigenvalue weighted by atomic mass is 9.85. The van der Waals surface area contributed by atoms with E-state index in [4.69, 9.17) is 21.4 Å². The average molecular weight is 300 g/mol.